The highest BCUT2D eigenvalue weighted by atomic mass is 16.6. The van der Waals surface area contributed by atoms with Gasteiger partial charge in [-0.15, -0.1) is 0 Å². The van der Waals surface area contributed by atoms with Crippen molar-refractivity contribution in [3.05, 3.63) is 34.9 Å². The molecule has 3 heteroatoms. The second-order valence-electron chi connectivity index (χ2n) is 2.22. The van der Waals surface area contributed by atoms with Gasteiger partial charge in [0.25, 0.3) is 0 Å². The summed E-state index contributed by atoms with van der Waals surface area (Å²) in [6.45, 7) is 3.60. The monoisotopic (exact) mass is 155 g/mol. The maximum Gasteiger partial charge on any atom is 0.203 e. The van der Waals surface area contributed by atoms with Crippen LogP contribution in [-0.2, 0) is 0 Å². The first kappa shape index (κ1) is 9.88. The lowest BCUT2D eigenvalue weighted by Crippen LogP contribution is -1.99. The molecule has 3 nitrogen and oxygen atoms in total. The van der Waals surface area contributed by atoms with Crippen molar-refractivity contribution >= 4 is 0 Å². The quantitative estimate of drug-likeness (QED) is 0.255. The van der Waals surface area contributed by atoms with Gasteiger partial charge in [-0.25, -0.2) is 0 Å². The van der Waals surface area contributed by atoms with Crippen molar-refractivity contribution < 1.29 is 4.92 Å². The maximum atomic E-state index is 9.86. The molecular formula is C8H13NO2. The highest BCUT2D eigenvalue weighted by molar-refractivity contribution is 4.96. The fraction of sp³-hybridized carbons (Fsp3) is 0.500. The topological polar surface area (TPSA) is 43.1 Å². The van der Waals surface area contributed by atoms with Crippen molar-refractivity contribution in [3.63, 3.8) is 0 Å². The fourth-order valence-corrected chi connectivity index (χ4v) is 0.696. The normalized spacial score (nSPS) is 10.2. The summed E-state index contributed by atoms with van der Waals surface area (Å²) in [5.74, 6) is 0. The van der Waals surface area contributed by atoms with Crippen molar-refractivity contribution in [2.24, 2.45) is 0 Å². The smallest absolute Gasteiger partial charge is 0.203 e. The molecule has 0 amide bonds. The second kappa shape index (κ2) is 6.99. The highest BCUT2D eigenvalue weighted by Gasteiger charge is 1.93. The van der Waals surface area contributed by atoms with Crippen LogP contribution in [0.2, 0.25) is 0 Å². The van der Waals surface area contributed by atoms with Gasteiger partial charge in [0, 0.05) is 11.3 Å². The lowest BCUT2D eigenvalue weighted by molar-refractivity contribution is -0.480. The number of unbranched alkanes of at least 4 members (excludes halogenated alkanes) is 2. The zero-order valence-electron chi connectivity index (χ0n) is 6.53. The molecule has 0 N–H and O–H groups in total. The Labute approximate surface area is 66.6 Å². The van der Waals surface area contributed by atoms with E-state index in [4.69, 9.17) is 0 Å². The second-order valence-corrected chi connectivity index (χ2v) is 2.22. The summed E-state index contributed by atoms with van der Waals surface area (Å²) < 4.78 is 0. The Morgan fingerprint density at radius 1 is 1.45 bits per heavy atom. The molecule has 0 aromatic rings. The molecule has 0 fully saturated rings. The molecule has 0 unspecified atom stereocenters. The van der Waals surface area contributed by atoms with Crippen LogP contribution in [0.5, 0.6) is 0 Å². The van der Waals surface area contributed by atoms with Gasteiger partial charge < -0.3 is 0 Å². The van der Waals surface area contributed by atoms with Crippen LogP contribution in [0, 0.1) is 10.1 Å². The van der Waals surface area contributed by atoms with Gasteiger partial charge in [-0.3, -0.25) is 10.1 Å². The van der Waals surface area contributed by atoms with Gasteiger partial charge in [-0.1, -0.05) is 24.8 Å². The van der Waals surface area contributed by atoms with Crippen LogP contribution in [-0.4, -0.2) is 11.5 Å². The Balaban J connectivity index is 3.08. The van der Waals surface area contributed by atoms with E-state index in [1.165, 1.54) is 0 Å². The third-order valence-corrected chi connectivity index (χ3v) is 1.23. The van der Waals surface area contributed by atoms with Crippen molar-refractivity contribution in [3.8, 4) is 0 Å². The first-order chi connectivity index (χ1) is 5.27. The predicted octanol–water partition coefficient (Wildman–Crippen LogP) is 2.18. The van der Waals surface area contributed by atoms with Crippen LogP contribution in [0.1, 0.15) is 19.3 Å². The maximum absolute atomic E-state index is 9.86. The Hall–Kier alpha value is -1.12. The standard InChI is InChI=1S/C8H13NO2/c1-2-3-4-5-6-7-8-9(10)11/h2-4H,1,5-8H2. The Morgan fingerprint density at radius 2 is 2.18 bits per heavy atom. The molecule has 0 spiro atoms. The molecule has 0 aliphatic carbocycles. The van der Waals surface area contributed by atoms with Gasteiger partial charge in [0.2, 0.25) is 6.54 Å². The third-order valence-electron chi connectivity index (χ3n) is 1.23. The molecule has 0 heterocycles. The van der Waals surface area contributed by atoms with Crippen LogP contribution in [0.15, 0.2) is 24.8 Å². The van der Waals surface area contributed by atoms with E-state index in [-0.39, 0.29) is 11.5 Å². The van der Waals surface area contributed by atoms with Gasteiger partial charge in [-0.2, -0.15) is 0 Å². The highest BCUT2D eigenvalue weighted by Crippen LogP contribution is 1.96. The fourth-order valence-electron chi connectivity index (χ4n) is 0.696. The van der Waals surface area contributed by atoms with Crippen LogP contribution in [0.4, 0.5) is 0 Å². The van der Waals surface area contributed by atoms with Crippen LogP contribution < -0.4 is 0 Å². The van der Waals surface area contributed by atoms with E-state index in [0.717, 1.165) is 12.8 Å². The molecule has 0 aromatic carbocycles. The van der Waals surface area contributed by atoms with E-state index < -0.39 is 0 Å². The minimum atomic E-state index is -0.281. The molecule has 0 atom stereocenters. The summed E-state index contributed by atoms with van der Waals surface area (Å²) in [6.07, 6.45) is 7.96. The van der Waals surface area contributed by atoms with Crippen molar-refractivity contribution in [1.82, 2.24) is 0 Å². The summed E-state index contributed by atoms with van der Waals surface area (Å²) in [6, 6.07) is 0. The Morgan fingerprint density at radius 3 is 2.73 bits per heavy atom. The summed E-state index contributed by atoms with van der Waals surface area (Å²) >= 11 is 0. The van der Waals surface area contributed by atoms with E-state index in [1.807, 2.05) is 12.2 Å². The van der Waals surface area contributed by atoms with E-state index in [0.29, 0.717) is 6.42 Å². The molecule has 0 aliphatic heterocycles. The summed E-state index contributed by atoms with van der Waals surface area (Å²) in [7, 11) is 0. The molecule has 0 saturated carbocycles. The predicted molar refractivity (Wildman–Crippen MR) is 45.0 cm³/mol. The molecular weight excluding hydrogens is 142 g/mol. The van der Waals surface area contributed by atoms with E-state index in [2.05, 4.69) is 6.58 Å². The molecule has 11 heavy (non-hydrogen) atoms. The lowest BCUT2D eigenvalue weighted by atomic mass is 10.2. The molecule has 62 valence electrons. The SMILES string of the molecule is C=CC=CCCCC[N+](=O)[O-]. The summed E-state index contributed by atoms with van der Waals surface area (Å²) in [4.78, 5) is 9.58. The number of allylic oxidation sites excluding steroid dienone is 3. The van der Waals surface area contributed by atoms with Gasteiger partial charge in [0.1, 0.15) is 0 Å². The lowest BCUT2D eigenvalue weighted by Gasteiger charge is -1.90. The molecule has 0 aromatic heterocycles. The van der Waals surface area contributed by atoms with Gasteiger partial charge in [-0.05, 0) is 12.8 Å². The minimum absolute atomic E-state index is 0.0852. The average molecular weight is 155 g/mol. The van der Waals surface area contributed by atoms with Crippen molar-refractivity contribution in [2.45, 2.75) is 19.3 Å². The number of nitro groups is 1. The van der Waals surface area contributed by atoms with E-state index in [9.17, 15) is 10.1 Å². The zero-order chi connectivity index (χ0) is 8.53. The van der Waals surface area contributed by atoms with Crippen LogP contribution >= 0.6 is 0 Å². The van der Waals surface area contributed by atoms with Crippen LogP contribution in [0.25, 0.3) is 0 Å². The Kier molecular flexibility index (Phi) is 6.28. The summed E-state index contributed by atoms with van der Waals surface area (Å²) in [5.41, 5.74) is 0. The van der Waals surface area contributed by atoms with Crippen molar-refractivity contribution in [1.29, 1.82) is 0 Å². The van der Waals surface area contributed by atoms with Gasteiger partial charge >= 0.3 is 0 Å². The van der Waals surface area contributed by atoms with Gasteiger partial charge in [0.05, 0.1) is 0 Å². The molecule has 0 radical (unpaired) electrons. The number of rotatable bonds is 6. The first-order valence-electron chi connectivity index (χ1n) is 3.66. The molecule has 0 aliphatic rings. The number of hydrogen-bond acceptors (Lipinski definition) is 2. The minimum Gasteiger partial charge on any atom is -0.265 e. The van der Waals surface area contributed by atoms with E-state index >= 15 is 0 Å². The largest absolute Gasteiger partial charge is 0.265 e. The number of nitrogens with zero attached hydrogens (tertiary/aromatic N) is 1. The number of hydrogen-bond donors (Lipinski definition) is 0. The first-order valence-corrected chi connectivity index (χ1v) is 3.66. The third kappa shape index (κ3) is 8.88. The molecule has 0 rings (SSSR count). The summed E-state index contributed by atoms with van der Waals surface area (Å²) in [5, 5.41) is 9.86. The average Bonchev–Trinajstić information content (AvgIpc) is 1.96. The Bertz CT molecular complexity index is 152. The van der Waals surface area contributed by atoms with Crippen molar-refractivity contribution in [2.75, 3.05) is 6.54 Å². The van der Waals surface area contributed by atoms with Crippen LogP contribution in [0.3, 0.4) is 0 Å². The molecule has 0 saturated heterocycles. The molecule has 0 bridgehead atoms. The van der Waals surface area contributed by atoms with Gasteiger partial charge in [0.15, 0.2) is 0 Å². The zero-order valence-corrected chi connectivity index (χ0v) is 6.53. The van der Waals surface area contributed by atoms with E-state index in [1.54, 1.807) is 6.08 Å².